The van der Waals surface area contributed by atoms with Crippen molar-refractivity contribution in [3.63, 3.8) is 0 Å². The largest absolute Gasteiger partial charge is 0.483 e. The molecule has 7 heteroatoms. The summed E-state index contributed by atoms with van der Waals surface area (Å²) in [6.45, 7) is 4.80. The van der Waals surface area contributed by atoms with Crippen LogP contribution in [0.5, 0.6) is 5.75 Å². The molecule has 0 aliphatic carbocycles. The lowest BCUT2D eigenvalue weighted by molar-refractivity contribution is -0.386. The first-order chi connectivity index (χ1) is 9.74. The molecular weight excluding hydrogens is 342 g/mol. The number of rotatable bonds is 7. The number of benzene rings is 1. The summed E-state index contributed by atoms with van der Waals surface area (Å²) < 4.78 is 5.88. The standard InChI is InChI=1S/C14H18BrNO5/c1-4-14(18,5-2)8-21-13-11(9(3)17)6-10(15)7-12(13)16(19)20/h6-7,18H,4-5,8H2,1-3H3. The highest BCUT2D eigenvalue weighted by Gasteiger charge is 2.28. The van der Waals surface area contributed by atoms with Crippen LogP contribution in [0.4, 0.5) is 5.69 Å². The zero-order chi connectivity index (χ0) is 16.2. The van der Waals surface area contributed by atoms with E-state index in [-0.39, 0.29) is 29.4 Å². The summed E-state index contributed by atoms with van der Waals surface area (Å²) >= 11 is 3.14. The molecule has 116 valence electrons. The Labute approximate surface area is 131 Å². The SMILES string of the molecule is CCC(O)(CC)COc1c(C(C)=O)cc(Br)cc1[N+](=O)[O-]. The molecule has 21 heavy (non-hydrogen) atoms. The quantitative estimate of drug-likeness (QED) is 0.457. The molecule has 1 N–H and O–H groups in total. The predicted octanol–water partition coefficient (Wildman–Crippen LogP) is 3.49. The van der Waals surface area contributed by atoms with E-state index in [0.29, 0.717) is 17.3 Å². The molecule has 0 atom stereocenters. The third-order valence-corrected chi connectivity index (χ3v) is 3.87. The first-order valence-corrected chi connectivity index (χ1v) is 7.37. The number of carbonyl (C=O) groups is 1. The summed E-state index contributed by atoms with van der Waals surface area (Å²) in [5.74, 6) is -0.443. The van der Waals surface area contributed by atoms with Crippen molar-refractivity contribution < 1.29 is 19.6 Å². The molecule has 0 aliphatic rings. The van der Waals surface area contributed by atoms with Crippen LogP contribution in [0.25, 0.3) is 0 Å². The van der Waals surface area contributed by atoms with E-state index in [1.54, 1.807) is 13.8 Å². The van der Waals surface area contributed by atoms with Gasteiger partial charge in [0.1, 0.15) is 6.61 Å². The number of nitrogens with zero attached hydrogens (tertiary/aromatic N) is 1. The number of Topliss-reactive ketones (excluding diaryl/α,β-unsaturated/α-hetero) is 1. The van der Waals surface area contributed by atoms with Gasteiger partial charge in [-0.15, -0.1) is 0 Å². The average molecular weight is 360 g/mol. The van der Waals surface area contributed by atoms with Crippen molar-refractivity contribution in [2.45, 2.75) is 39.2 Å². The first-order valence-electron chi connectivity index (χ1n) is 6.58. The number of nitro benzene ring substituents is 1. The predicted molar refractivity (Wildman–Crippen MR) is 81.8 cm³/mol. The van der Waals surface area contributed by atoms with Crippen molar-refractivity contribution in [2.24, 2.45) is 0 Å². The van der Waals surface area contributed by atoms with Crippen molar-refractivity contribution in [2.75, 3.05) is 6.61 Å². The maximum atomic E-state index is 11.7. The molecular formula is C14H18BrNO5. The van der Waals surface area contributed by atoms with E-state index in [0.717, 1.165) is 0 Å². The van der Waals surface area contributed by atoms with Gasteiger partial charge in [-0.3, -0.25) is 14.9 Å². The summed E-state index contributed by atoms with van der Waals surface area (Å²) in [4.78, 5) is 22.2. The third kappa shape index (κ3) is 4.25. The van der Waals surface area contributed by atoms with E-state index in [1.807, 2.05) is 0 Å². The van der Waals surface area contributed by atoms with Gasteiger partial charge in [-0.2, -0.15) is 0 Å². The molecule has 1 aromatic carbocycles. The van der Waals surface area contributed by atoms with Crippen LogP contribution in [0.2, 0.25) is 0 Å². The van der Waals surface area contributed by atoms with E-state index in [1.165, 1.54) is 19.1 Å². The summed E-state index contributed by atoms with van der Waals surface area (Å²) in [5.41, 5.74) is -1.26. The van der Waals surface area contributed by atoms with Gasteiger partial charge in [0.25, 0.3) is 0 Å². The highest BCUT2D eigenvalue weighted by molar-refractivity contribution is 9.10. The number of ketones is 1. The number of ether oxygens (including phenoxy) is 1. The van der Waals surface area contributed by atoms with Crippen LogP contribution < -0.4 is 4.74 Å². The van der Waals surface area contributed by atoms with Crippen molar-refractivity contribution >= 4 is 27.4 Å². The molecule has 0 saturated heterocycles. The van der Waals surface area contributed by atoms with Gasteiger partial charge in [-0.25, -0.2) is 0 Å². The van der Waals surface area contributed by atoms with Gasteiger partial charge in [-0.05, 0) is 25.8 Å². The Morgan fingerprint density at radius 2 is 2.00 bits per heavy atom. The topological polar surface area (TPSA) is 89.7 Å². The van der Waals surface area contributed by atoms with Crippen LogP contribution in [0, 0.1) is 10.1 Å². The minimum Gasteiger partial charge on any atom is -0.483 e. The smallest absolute Gasteiger partial charge is 0.312 e. The van der Waals surface area contributed by atoms with Crippen molar-refractivity contribution in [1.29, 1.82) is 0 Å². The van der Waals surface area contributed by atoms with Gasteiger partial charge < -0.3 is 9.84 Å². The molecule has 0 fully saturated rings. The summed E-state index contributed by atoms with van der Waals surface area (Å²) in [6.07, 6.45) is 0.895. The van der Waals surface area contributed by atoms with Crippen molar-refractivity contribution in [1.82, 2.24) is 0 Å². The fourth-order valence-electron chi connectivity index (χ4n) is 1.79. The van der Waals surface area contributed by atoms with E-state index in [9.17, 15) is 20.0 Å². The second-order valence-electron chi connectivity index (χ2n) is 4.84. The first kappa shape index (κ1) is 17.6. The minimum atomic E-state index is -1.07. The van der Waals surface area contributed by atoms with Crippen LogP contribution in [0.3, 0.4) is 0 Å². The third-order valence-electron chi connectivity index (χ3n) is 3.41. The Hall–Kier alpha value is -1.47. The maximum Gasteiger partial charge on any atom is 0.312 e. The summed E-state index contributed by atoms with van der Waals surface area (Å²) in [5, 5.41) is 21.4. The number of aliphatic hydroxyl groups is 1. The van der Waals surface area contributed by atoms with Gasteiger partial charge in [0.15, 0.2) is 5.78 Å². The second-order valence-corrected chi connectivity index (χ2v) is 5.75. The lowest BCUT2D eigenvalue weighted by Crippen LogP contribution is -2.34. The molecule has 0 amide bonds. The van der Waals surface area contributed by atoms with Crippen LogP contribution in [0.1, 0.15) is 44.0 Å². The van der Waals surface area contributed by atoms with Crippen molar-refractivity contribution in [3.05, 3.63) is 32.3 Å². The molecule has 0 aromatic heterocycles. The van der Waals surface area contributed by atoms with Crippen LogP contribution in [-0.2, 0) is 0 Å². The Morgan fingerprint density at radius 3 is 2.43 bits per heavy atom. The van der Waals surface area contributed by atoms with Gasteiger partial charge in [0.05, 0.1) is 16.1 Å². The number of carbonyl (C=O) groups excluding carboxylic acids is 1. The average Bonchev–Trinajstić information content (AvgIpc) is 2.44. The molecule has 0 heterocycles. The summed E-state index contributed by atoms with van der Waals surface area (Å²) in [7, 11) is 0. The molecule has 0 spiro atoms. The zero-order valence-corrected chi connectivity index (χ0v) is 13.8. The molecule has 1 rings (SSSR count). The molecule has 0 saturated carbocycles. The normalized spacial score (nSPS) is 11.3. The fourth-order valence-corrected chi connectivity index (χ4v) is 2.23. The Bertz CT molecular complexity index is 519. The summed E-state index contributed by atoms with van der Waals surface area (Å²) in [6, 6.07) is 2.75. The van der Waals surface area contributed by atoms with Crippen LogP contribution in [-0.4, -0.2) is 28.0 Å². The van der Waals surface area contributed by atoms with Crippen molar-refractivity contribution in [3.8, 4) is 5.75 Å². The number of hydrogen-bond donors (Lipinski definition) is 1. The molecule has 0 unspecified atom stereocenters. The zero-order valence-electron chi connectivity index (χ0n) is 12.2. The number of halogens is 1. The number of nitro groups is 1. The van der Waals surface area contributed by atoms with E-state index in [2.05, 4.69) is 15.9 Å². The Morgan fingerprint density at radius 1 is 1.43 bits per heavy atom. The van der Waals surface area contributed by atoms with Gasteiger partial charge >= 0.3 is 5.69 Å². The highest BCUT2D eigenvalue weighted by Crippen LogP contribution is 2.35. The molecule has 6 nitrogen and oxygen atoms in total. The van der Waals surface area contributed by atoms with E-state index >= 15 is 0 Å². The van der Waals surface area contributed by atoms with Gasteiger partial charge in [0.2, 0.25) is 5.75 Å². The second kappa shape index (κ2) is 7.00. The Balaban J connectivity index is 3.26. The lowest BCUT2D eigenvalue weighted by Gasteiger charge is -2.25. The van der Waals surface area contributed by atoms with Crippen LogP contribution >= 0.6 is 15.9 Å². The maximum absolute atomic E-state index is 11.7. The minimum absolute atomic E-state index is 0.101. The Kier molecular flexibility index (Phi) is 5.86. The molecule has 0 radical (unpaired) electrons. The van der Waals surface area contributed by atoms with Gasteiger partial charge in [0, 0.05) is 10.5 Å². The fraction of sp³-hybridized carbons (Fsp3) is 0.500. The number of hydrogen-bond acceptors (Lipinski definition) is 5. The van der Waals surface area contributed by atoms with Gasteiger partial charge in [-0.1, -0.05) is 29.8 Å². The molecule has 0 bridgehead atoms. The lowest BCUT2D eigenvalue weighted by atomic mass is 9.99. The van der Waals surface area contributed by atoms with E-state index in [4.69, 9.17) is 4.74 Å². The van der Waals surface area contributed by atoms with Crippen LogP contribution in [0.15, 0.2) is 16.6 Å². The molecule has 0 aliphatic heterocycles. The molecule has 1 aromatic rings. The van der Waals surface area contributed by atoms with E-state index < -0.39 is 10.5 Å². The highest BCUT2D eigenvalue weighted by atomic mass is 79.9. The monoisotopic (exact) mass is 359 g/mol.